The van der Waals surface area contributed by atoms with Gasteiger partial charge in [-0.25, -0.2) is 0 Å². The van der Waals surface area contributed by atoms with Gasteiger partial charge in [0.25, 0.3) is 0 Å². The fourth-order valence-electron chi connectivity index (χ4n) is 1.04. The van der Waals surface area contributed by atoms with Gasteiger partial charge in [0.15, 0.2) is 0 Å². The molecule has 0 aromatic heterocycles. The van der Waals surface area contributed by atoms with E-state index in [1.54, 1.807) is 0 Å². The van der Waals surface area contributed by atoms with Crippen LogP contribution in [0.1, 0.15) is 27.2 Å². The number of rotatable bonds is 5. The van der Waals surface area contributed by atoms with E-state index in [1.165, 1.54) is 0 Å². The van der Waals surface area contributed by atoms with Crippen LogP contribution in [0.2, 0.25) is 0 Å². The van der Waals surface area contributed by atoms with Crippen LogP contribution in [0.4, 0.5) is 0 Å². The highest BCUT2D eigenvalue weighted by molar-refractivity contribution is 5.50. The van der Waals surface area contributed by atoms with Gasteiger partial charge in [0.2, 0.25) is 0 Å². The molecular formula is C9H16O2. The minimum absolute atomic E-state index is 0.167. The van der Waals surface area contributed by atoms with Crippen LogP contribution in [-0.4, -0.2) is 18.5 Å². The van der Waals surface area contributed by atoms with Gasteiger partial charge in [0.1, 0.15) is 12.9 Å². The van der Waals surface area contributed by atoms with Crippen molar-refractivity contribution in [3.8, 4) is 0 Å². The Balaban J connectivity index is 3.78. The summed E-state index contributed by atoms with van der Waals surface area (Å²) < 4.78 is 5.26. The molecule has 0 radical (unpaired) electrons. The summed E-state index contributed by atoms with van der Waals surface area (Å²) in [6.45, 7) is 9.80. The SMILES string of the molecule is C=C(C)CC(C)(C)OCC=O. The number of carbonyl (C=O) groups excluding carboxylic acids is 1. The second kappa shape index (κ2) is 4.29. The van der Waals surface area contributed by atoms with E-state index in [-0.39, 0.29) is 12.2 Å². The molecule has 0 unspecified atom stereocenters. The second-order valence-corrected chi connectivity index (χ2v) is 3.37. The van der Waals surface area contributed by atoms with Crippen molar-refractivity contribution in [1.82, 2.24) is 0 Å². The zero-order chi connectivity index (χ0) is 8.91. The van der Waals surface area contributed by atoms with Gasteiger partial charge in [-0.2, -0.15) is 0 Å². The highest BCUT2D eigenvalue weighted by Crippen LogP contribution is 2.17. The smallest absolute Gasteiger partial charge is 0.145 e. The van der Waals surface area contributed by atoms with E-state index in [0.717, 1.165) is 18.3 Å². The van der Waals surface area contributed by atoms with Crippen molar-refractivity contribution in [3.63, 3.8) is 0 Å². The van der Waals surface area contributed by atoms with Crippen LogP contribution in [0.15, 0.2) is 12.2 Å². The molecule has 0 aliphatic heterocycles. The van der Waals surface area contributed by atoms with Crippen molar-refractivity contribution in [2.45, 2.75) is 32.8 Å². The van der Waals surface area contributed by atoms with E-state index < -0.39 is 0 Å². The zero-order valence-electron chi connectivity index (χ0n) is 7.52. The van der Waals surface area contributed by atoms with Crippen LogP contribution >= 0.6 is 0 Å². The van der Waals surface area contributed by atoms with Gasteiger partial charge in [-0.15, -0.1) is 6.58 Å². The van der Waals surface area contributed by atoms with Crippen LogP contribution in [0.5, 0.6) is 0 Å². The van der Waals surface area contributed by atoms with Crippen molar-refractivity contribution < 1.29 is 9.53 Å². The lowest BCUT2D eigenvalue weighted by molar-refractivity contribution is -0.117. The summed E-state index contributed by atoms with van der Waals surface area (Å²) in [6.07, 6.45) is 1.56. The molecule has 0 N–H and O–H groups in total. The first-order valence-electron chi connectivity index (χ1n) is 3.70. The lowest BCUT2D eigenvalue weighted by Crippen LogP contribution is -2.25. The summed E-state index contributed by atoms with van der Waals surface area (Å²) in [6, 6.07) is 0. The van der Waals surface area contributed by atoms with E-state index >= 15 is 0 Å². The Hall–Kier alpha value is -0.630. The average molecular weight is 156 g/mol. The van der Waals surface area contributed by atoms with Crippen LogP contribution in [0.3, 0.4) is 0 Å². The molecule has 0 fully saturated rings. The summed E-state index contributed by atoms with van der Waals surface area (Å²) >= 11 is 0. The van der Waals surface area contributed by atoms with Gasteiger partial charge in [-0.3, -0.25) is 0 Å². The van der Waals surface area contributed by atoms with Crippen molar-refractivity contribution in [2.24, 2.45) is 0 Å². The predicted molar refractivity (Wildman–Crippen MR) is 45.5 cm³/mol. The van der Waals surface area contributed by atoms with Crippen molar-refractivity contribution in [3.05, 3.63) is 12.2 Å². The zero-order valence-corrected chi connectivity index (χ0v) is 7.52. The summed E-state index contributed by atoms with van der Waals surface area (Å²) in [7, 11) is 0. The fraction of sp³-hybridized carbons (Fsp3) is 0.667. The molecule has 64 valence electrons. The lowest BCUT2D eigenvalue weighted by Gasteiger charge is -2.23. The molecule has 0 aliphatic carbocycles. The Labute approximate surface area is 68.2 Å². The Morgan fingerprint density at radius 3 is 2.55 bits per heavy atom. The van der Waals surface area contributed by atoms with Crippen LogP contribution < -0.4 is 0 Å². The molecule has 0 aromatic carbocycles. The molecule has 2 heteroatoms. The molecule has 2 nitrogen and oxygen atoms in total. The third-order valence-corrected chi connectivity index (χ3v) is 1.27. The van der Waals surface area contributed by atoms with Gasteiger partial charge in [-0.05, 0) is 27.2 Å². The first kappa shape index (κ1) is 10.4. The molecular weight excluding hydrogens is 140 g/mol. The average Bonchev–Trinajstić information content (AvgIpc) is 1.81. The van der Waals surface area contributed by atoms with Crippen molar-refractivity contribution >= 4 is 6.29 Å². The maximum Gasteiger partial charge on any atom is 0.145 e. The number of carbonyl (C=O) groups is 1. The van der Waals surface area contributed by atoms with Crippen LogP contribution in [0, 0.1) is 0 Å². The first-order chi connectivity index (χ1) is 4.98. The topological polar surface area (TPSA) is 26.3 Å². The third kappa shape index (κ3) is 5.80. The quantitative estimate of drug-likeness (QED) is 0.449. The van der Waals surface area contributed by atoms with Gasteiger partial charge in [0, 0.05) is 0 Å². The standard InChI is InChI=1S/C9H16O2/c1-8(2)7-9(3,4)11-6-5-10/h5H,1,6-7H2,2-4H3. The molecule has 0 saturated carbocycles. The minimum atomic E-state index is -0.257. The molecule has 0 saturated heterocycles. The summed E-state index contributed by atoms with van der Waals surface area (Å²) in [5.74, 6) is 0. The van der Waals surface area contributed by atoms with E-state index in [9.17, 15) is 4.79 Å². The number of aldehydes is 1. The van der Waals surface area contributed by atoms with Crippen molar-refractivity contribution in [2.75, 3.05) is 6.61 Å². The molecule has 0 spiro atoms. The predicted octanol–water partition coefficient (Wildman–Crippen LogP) is 1.95. The first-order valence-corrected chi connectivity index (χ1v) is 3.70. The molecule has 0 amide bonds. The van der Waals surface area contributed by atoms with E-state index in [2.05, 4.69) is 6.58 Å². The van der Waals surface area contributed by atoms with Gasteiger partial charge in [0.05, 0.1) is 5.60 Å². The number of ether oxygens (including phenoxy) is 1. The van der Waals surface area contributed by atoms with Crippen LogP contribution in [0.25, 0.3) is 0 Å². The van der Waals surface area contributed by atoms with Gasteiger partial charge in [-0.1, -0.05) is 5.57 Å². The van der Waals surface area contributed by atoms with E-state index in [0.29, 0.717) is 0 Å². The Kier molecular flexibility index (Phi) is 4.04. The van der Waals surface area contributed by atoms with Gasteiger partial charge < -0.3 is 9.53 Å². The Bertz CT molecular complexity index is 148. The fourth-order valence-corrected chi connectivity index (χ4v) is 1.04. The van der Waals surface area contributed by atoms with Crippen LogP contribution in [-0.2, 0) is 9.53 Å². The summed E-state index contributed by atoms with van der Waals surface area (Å²) in [5.41, 5.74) is 0.813. The molecule has 0 aromatic rings. The molecule has 0 rings (SSSR count). The molecule has 11 heavy (non-hydrogen) atoms. The highest BCUT2D eigenvalue weighted by atomic mass is 16.5. The summed E-state index contributed by atoms with van der Waals surface area (Å²) in [5, 5.41) is 0. The molecule has 0 atom stereocenters. The normalized spacial score (nSPS) is 11.2. The molecule has 0 bridgehead atoms. The minimum Gasteiger partial charge on any atom is -0.368 e. The largest absolute Gasteiger partial charge is 0.368 e. The maximum absolute atomic E-state index is 9.99. The number of hydrogen-bond donors (Lipinski definition) is 0. The molecule has 0 aliphatic rings. The van der Waals surface area contributed by atoms with Crippen molar-refractivity contribution in [1.29, 1.82) is 0 Å². The van der Waals surface area contributed by atoms with Gasteiger partial charge >= 0.3 is 0 Å². The Morgan fingerprint density at radius 1 is 1.64 bits per heavy atom. The molecule has 0 heterocycles. The van der Waals surface area contributed by atoms with E-state index in [4.69, 9.17) is 4.74 Å². The second-order valence-electron chi connectivity index (χ2n) is 3.37. The monoisotopic (exact) mass is 156 g/mol. The Morgan fingerprint density at radius 2 is 2.18 bits per heavy atom. The summed E-state index contributed by atoms with van der Waals surface area (Å²) in [4.78, 5) is 9.99. The maximum atomic E-state index is 9.99. The lowest BCUT2D eigenvalue weighted by atomic mass is 10.0. The highest BCUT2D eigenvalue weighted by Gasteiger charge is 2.17. The van der Waals surface area contributed by atoms with E-state index in [1.807, 2.05) is 20.8 Å². The number of hydrogen-bond acceptors (Lipinski definition) is 2. The third-order valence-electron chi connectivity index (χ3n) is 1.27.